The molecule has 0 amide bonds. The molecule has 1 rings (SSSR count). The van der Waals surface area contributed by atoms with Crippen LogP contribution in [0.15, 0.2) is 6.20 Å². The summed E-state index contributed by atoms with van der Waals surface area (Å²) in [5.74, 6) is -0.478. The van der Waals surface area contributed by atoms with Gasteiger partial charge in [-0.15, -0.1) is 0 Å². The summed E-state index contributed by atoms with van der Waals surface area (Å²) in [4.78, 5) is 3.37. The fraction of sp³-hybridized carbons (Fsp3) is 0.333. The van der Waals surface area contributed by atoms with Gasteiger partial charge in [0.1, 0.15) is 5.69 Å². The monoisotopic (exact) mass is 214 g/mol. The number of methoxy groups -OCH3 is 1. The van der Waals surface area contributed by atoms with Crippen LogP contribution in [0.2, 0.25) is 0 Å². The number of rotatable bonds is 3. The van der Waals surface area contributed by atoms with Crippen molar-refractivity contribution in [2.45, 2.75) is 12.8 Å². The normalized spacial score (nSPS) is 10.1. The Labute approximate surface area is 84.7 Å². The van der Waals surface area contributed by atoms with Gasteiger partial charge in [-0.3, -0.25) is 4.98 Å². The van der Waals surface area contributed by atoms with E-state index in [1.165, 1.54) is 7.11 Å². The van der Waals surface area contributed by atoms with Crippen molar-refractivity contribution in [2.24, 2.45) is 0 Å². The van der Waals surface area contributed by atoms with Gasteiger partial charge in [-0.25, -0.2) is 8.78 Å². The van der Waals surface area contributed by atoms with E-state index < -0.39 is 12.1 Å². The van der Waals surface area contributed by atoms with Crippen molar-refractivity contribution in [2.75, 3.05) is 7.11 Å². The molecule has 1 aromatic rings. The van der Waals surface area contributed by atoms with Crippen LogP contribution in [0.4, 0.5) is 8.78 Å². The average Bonchev–Trinajstić information content (AvgIpc) is 2.18. The third-order valence-electron chi connectivity index (χ3n) is 1.81. The molecular formula is C9H8F2N2O2. The van der Waals surface area contributed by atoms with Crippen LogP contribution in [0.3, 0.4) is 0 Å². The summed E-state index contributed by atoms with van der Waals surface area (Å²) in [5.41, 5.74) is -0.610. The molecule has 1 N–H and O–H groups in total. The molecule has 1 heterocycles. The molecule has 0 aliphatic heterocycles. The summed E-state index contributed by atoms with van der Waals surface area (Å²) in [5, 5.41) is 17.8. The maximum absolute atomic E-state index is 12.5. The number of ether oxygens (including phenoxy) is 1. The van der Waals surface area contributed by atoms with Crippen molar-refractivity contribution in [1.29, 1.82) is 5.26 Å². The van der Waals surface area contributed by atoms with E-state index in [9.17, 15) is 13.9 Å². The largest absolute Gasteiger partial charge is 0.503 e. The molecule has 0 unspecified atom stereocenters. The molecule has 6 heteroatoms. The maximum atomic E-state index is 12.5. The number of hydrogen-bond donors (Lipinski definition) is 1. The Balaban J connectivity index is 3.36. The Bertz CT molecular complexity index is 402. The minimum absolute atomic E-state index is 0.0741. The first-order valence-electron chi connectivity index (χ1n) is 4.01. The highest BCUT2D eigenvalue weighted by Gasteiger charge is 2.21. The lowest BCUT2D eigenvalue weighted by Crippen LogP contribution is -2.01. The second-order valence-electron chi connectivity index (χ2n) is 2.68. The Morgan fingerprint density at radius 2 is 2.33 bits per heavy atom. The van der Waals surface area contributed by atoms with Crippen LogP contribution in [-0.2, 0) is 6.42 Å². The molecule has 0 bridgehead atoms. The summed E-state index contributed by atoms with van der Waals surface area (Å²) in [6.45, 7) is 0. The number of nitrogens with zero attached hydrogens (tertiary/aromatic N) is 2. The predicted molar refractivity (Wildman–Crippen MR) is 46.7 cm³/mol. The quantitative estimate of drug-likeness (QED) is 0.833. The van der Waals surface area contributed by atoms with Gasteiger partial charge in [-0.2, -0.15) is 5.26 Å². The number of alkyl halides is 2. The molecule has 0 atom stereocenters. The van der Waals surface area contributed by atoms with Crippen LogP contribution >= 0.6 is 0 Å². The highest BCUT2D eigenvalue weighted by atomic mass is 19.3. The van der Waals surface area contributed by atoms with Crippen LogP contribution in [0, 0.1) is 11.3 Å². The number of hydrogen-bond acceptors (Lipinski definition) is 4. The van der Waals surface area contributed by atoms with E-state index in [0.717, 1.165) is 6.20 Å². The lowest BCUT2D eigenvalue weighted by Gasteiger charge is -2.11. The average molecular weight is 214 g/mol. The van der Waals surface area contributed by atoms with Crippen molar-refractivity contribution < 1.29 is 18.6 Å². The molecule has 0 saturated heterocycles. The second kappa shape index (κ2) is 4.55. The van der Waals surface area contributed by atoms with E-state index in [0.29, 0.717) is 0 Å². The molecule has 0 spiro atoms. The first kappa shape index (κ1) is 11.2. The zero-order chi connectivity index (χ0) is 11.4. The minimum atomic E-state index is -2.80. The third-order valence-corrected chi connectivity index (χ3v) is 1.81. The summed E-state index contributed by atoms with van der Waals surface area (Å²) in [6, 6.07) is 1.72. The molecule has 0 fully saturated rings. The smallest absolute Gasteiger partial charge is 0.280 e. The van der Waals surface area contributed by atoms with E-state index in [4.69, 9.17) is 10.00 Å². The molecule has 0 aliphatic carbocycles. The molecule has 0 aliphatic rings. The lowest BCUT2D eigenvalue weighted by atomic mass is 10.1. The molecule has 1 aromatic heterocycles. The van der Waals surface area contributed by atoms with Gasteiger partial charge in [-0.05, 0) is 0 Å². The minimum Gasteiger partial charge on any atom is -0.503 e. The molecule has 80 valence electrons. The van der Waals surface area contributed by atoms with E-state index in [-0.39, 0.29) is 23.5 Å². The van der Waals surface area contributed by atoms with Gasteiger partial charge in [0, 0.05) is 5.56 Å². The van der Waals surface area contributed by atoms with Crippen molar-refractivity contribution in [3.63, 3.8) is 0 Å². The van der Waals surface area contributed by atoms with Crippen LogP contribution in [0.25, 0.3) is 0 Å². The Morgan fingerprint density at radius 1 is 1.67 bits per heavy atom. The van der Waals surface area contributed by atoms with Crippen molar-refractivity contribution >= 4 is 0 Å². The molecule has 0 saturated carbocycles. The number of pyridine rings is 1. The fourth-order valence-corrected chi connectivity index (χ4v) is 1.20. The number of halogens is 2. The molecular weight excluding hydrogens is 206 g/mol. The highest BCUT2D eigenvalue weighted by Crippen LogP contribution is 2.34. The van der Waals surface area contributed by atoms with E-state index in [1.54, 1.807) is 6.07 Å². The van der Waals surface area contributed by atoms with Gasteiger partial charge in [0.15, 0.2) is 11.5 Å². The van der Waals surface area contributed by atoms with Gasteiger partial charge < -0.3 is 9.84 Å². The van der Waals surface area contributed by atoms with E-state index >= 15 is 0 Å². The van der Waals surface area contributed by atoms with Crippen LogP contribution < -0.4 is 4.74 Å². The zero-order valence-corrected chi connectivity index (χ0v) is 7.87. The van der Waals surface area contributed by atoms with Crippen LogP contribution in [0.1, 0.15) is 17.7 Å². The predicted octanol–water partition coefficient (Wildman–Crippen LogP) is 1.80. The second-order valence-corrected chi connectivity index (χ2v) is 2.68. The van der Waals surface area contributed by atoms with Gasteiger partial charge in [-0.1, -0.05) is 0 Å². The lowest BCUT2D eigenvalue weighted by molar-refractivity contribution is 0.144. The van der Waals surface area contributed by atoms with Gasteiger partial charge in [0.25, 0.3) is 6.43 Å². The van der Waals surface area contributed by atoms with Crippen molar-refractivity contribution in [3.05, 3.63) is 17.5 Å². The highest BCUT2D eigenvalue weighted by molar-refractivity contribution is 5.47. The Hall–Kier alpha value is -1.90. The third kappa shape index (κ3) is 2.13. The van der Waals surface area contributed by atoms with Crippen LogP contribution in [-0.4, -0.2) is 17.2 Å². The summed E-state index contributed by atoms with van der Waals surface area (Å²) < 4.78 is 29.7. The molecule has 15 heavy (non-hydrogen) atoms. The van der Waals surface area contributed by atoms with Crippen molar-refractivity contribution in [1.82, 2.24) is 4.98 Å². The first-order valence-corrected chi connectivity index (χ1v) is 4.01. The number of aromatic hydroxyl groups is 1. The number of aromatic nitrogens is 1. The first-order chi connectivity index (χ1) is 7.11. The van der Waals surface area contributed by atoms with Gasteiger partial charge >= 0.3 is 0 Å². The van der Waals surface area contributed by atoms with E-state index in [1.807, 2.05) is 0 Å². The van der Waals surface area contributed by atoms with Gasteiger partial charge in [0.05, 0.1) is 25.8 Å². The Kier molecular flexibility index (Phi) is 3.39. The maximum Gasteiger partial charge on any atom is 0.280 e. The fourth-order valence-electron chi connectivity index (χ4n) is 1.20. The Morgan fingerprint density at radius 3 is 2.80 bits per heavy atom. The summed E-state index contributed by atoms with van der Waals surface area (Å²) in [7, 11) is 1.23. The number of nitriles is 1. The molecule has 0 radical (unpaired) electrons. The van der Waals surface area contributed by atoms with Crippen molar-refractivity contribution in [3.8, 4) is 17.6 Å². The van der Waals surface area contributed by atoms with Crippen LogP contribution in [0.5, 0.6) is 11.5 Å². The topological polar surface area (TPSA) is 66.1 Å². The standard InChI is InChI=1S/C9H8F2N2O2/c1-15-8-5(2-3-12)7(9(10)11)13-4-6(8)14/h4,9,14H,2H2,1H3. The summed E-state index contributed by atoms with van der Waals surface area (Å²) in [6.07, 6.45) is -2.21. The van der Waals surface area contributed by atoms with Gasteiger partial charge in [0.2, 0.25) is 0 Å². The van der Waals surface area contributed by atoms with E-state index in [2.05, 4.69) is 4.98 Å². The molecule has 4 nitrogen and oxygen atoms in total. The SMILES string of the molecule is COc1c(O)cnc(C(F)F)c1CC#N. The zero-order valence-electron chi connectivity index (χ0n) is 7.87. The summed E-state index contributed by atoms with van der Waals surface area (Å²) >= 11 is 0. The molecule has 0 aromatic carbocycles.